The van der Waals surface area contributed by atoms with Gasteiger partial charge in [-0.05, 0) is 85.3 Å². The number of nitrogens with one attached hydrogen (secondary N) is 2. The van der Waals surface area contributed by atoms with E-state index in [1.807, 2.05) is 0 Å². The molecule has 2 aliphatic rings. The van der Waals surface area contributed by atoms with E-state index in [1.54, 1.807) is 109 Å². The Morgan fingerprint density at radius 3 is 1.34 bits per heavy atom. The number of aliphatic hydroxyl groups is 2. The van der Waals surface area contributed by atoms with Crippen molar-refractivity contribution in [1.82, 2.24) is 20.0 Å². The summed E-state index contributed by atoms with van der Waals surface area (Å²) in [5.74, 6) is -1.14. The van der Waals surface area contributed by atoms with Crippen LogP contribution < -0.4 is 10.6 Å². The molecule has 13 nitrogen and oxygen atoms in total. The van der Waals surface area contributed by atoms with Crippen LogP contribution in [0.3, 0.4) is 0 Å². The van der Waals surface area contributed by atoms with Crippen LogP contribution in [0.5, 0.6) is 0 Å². The molecule has 4 N–H and O–H groups in total. The Bertz CT molecular complexity index is 1920. The third-order valence-corrected chi connectivity index (χ3v) is 9.60. The van der Waals surface area contributed by atoms with Crippen molar-refractivity contribution in [3.8, 4) is 22.9 Å². The molecule has 0 radical (unpaired) electrons. The summed E-state index contributed by atoms with van der Waals surface area (Å²) in [5, 5.41) is 35.3. The number of anilines is 2. The molecule has 2 aliphatic heterocycles. The summed E-state index contributed by atoms with van der Waals surface area (Å²) in [6.45, 7) is 0.776. The van der Waals surface area contributed by atoms with Crippen LogP contribution in [0.2, 0.25) is 0 Å². The van der Waals surface area contributed by atoms with Gasteiger partial charge in [-0.1, -0.05) is 60.7 Å². The molecule has 3 heterocycles. The molecule has 1 aromatic heterocycles. The highest BCUT2D eigenvalue weighted by Gasteiger charge is 2.38. The summed E-state index contributed by atoms with van der Waals surface area (Å²) < 4.78 is 5.93. The Morgan fingerprint density at radius 1 is 0.585 bits per heavy atom. The molecular weight excluding hydrogens is 676 g/mol. The van der Waals surface area contributed by atoms with Crippen molar-refractivity contribution in [2.45, 2.75) is 50.0 Å². The van der Waals surface area contributed by atoms with Crippen LogP contribution >= 0.6 is 0 Å². The lowest BCUT2D eigenvalue weighted by atomic mass is 10.1. The van der Waals surface area contributed by atoms with Gasteiger partial charge in [0.2, 0.25) is 23.6 Å². The molecule has 0 bridgehead atoms. The Hall–Kier alpha value is -6.18. The summed E-state index contributed by atoms with van der Waals surface area (Å²) >= 11 is 0. The van der Waals surface area contributed by atoms with Crippen molar-refractivity contribution in [3.63, 3.8) is 0 Å². The second-order valence-electron chi connectivity index (χ2n) is 13.1. The Balaban J connectivity index is 0.938. The summed E-state index contributed by atoms with van der Waals surface area (Å²) in [6, 6.07) is 29.7. The molecule has 0 aliphatic carbocycles. The zero-order chi connectivity index (χ0) is 36.9. The first kappa shape index (κ1) is 35.2. The predicted molar refractivity (Wildman–Crippen MR) is 195 cm³/mol. The highest BCUT2D eigenvalue weighted by atomic mass is 16.4. The van der Waals surface area contributed by atoms with Crippen molar-refractivity contribution in [2.75, 3.05) is 23.7 Å². The van der Waals surface area contributed by atoms with E-state index in [0.29, 0.717) is 72.4 Å². The van der Waals surface area contributed by atoms with Gasteiger partial charge in [0.05, 0.1) is 0 Å². The summed E-state index contributed by atoms with van der Waals surface area (Å²) in [7, 11) is 0. The average Bonchev–Trinajstić information content (AvgIpc) is 4.00. The Morgan fingerprint density at radius 2 is 0.962 bits per heavy atom. The van der Waals surface area contributed by atoms with Gasteiger partial charge in [0.1, 0.15) is 12.1 Å². The fourth-order valence-corrected chi connectivity index (χ4v) is 6.78. The standard InChI is InChI=1S/C40H38N6O7/c47-33(25-9-3-1-4-10-25)39(51)45-23-7-13-31(45)35(49)41-29-19-15-27(16-20-29)37-43-44-38(53-37)28-17-21-30(22-18-28)42-36(50)32-14-8-24-46(32)40(52)34(48)26-11-5-2-6-12-26/h1-6,9-12,15-22,31-34,47-48H,7-8,13-14,23-24H2,(H,41,49)(H,42,50)/t31-,32?,33+,34+/m0/s1. The number of aromatic nitrogens is 2. The second-order valence-corrected chi connectivity index (χ2v) is 13.1. The fourth-order valence-electron chi connectivity index (χ4n) is 6.78. The Labute approximate surface area is 305 Å². The number of nitrogens with zero attached hydrogens (tertiary/aromatic N) is 4. The van der Waals surface area contributed by atoms with Gasteiger partial charge in [0, 0.05) is 35.6 Å². The smallest absolute Gasteiger partial charge is 0.256 e. The quantitative estimate of drug-likeness (QED) is 0.159. The van der Waals surface area contributed by atoms with Gasteiger partial charge < -0.3 is 35.1 Å². The van der Waals surface area contributed by atoms with Crippen LogP contribution in [0.4, 0.5) is 11.4 Å². The van der Waals surface area contributed by atoms with Gasteiger partial charge in [0.15, 0.2) is 12.2 Å². The normalized spacial score (nSPS) is 18.0. The molecule has 2 fully saturated rings. The van der Waals surface area contributed by atoms with Crippen LogP contribution in [-0.4, -0.2) is 79.0 Å². The molecule has 0 saturated carbocycles. The number of carbonyl (C=O) groups excluding carboxylic acids is 4. The van der Waals surface area contributed by atoms with Gasteiger partial charge in [-0.15, -0.1) is 10.2 Å². The maximum absolute atomic E-state index is 13.2. The zero-order valence-electron chi connectivity index (χ0n) is 28.7. The first-order valence-electron chi connectivity index (χ1n) is 17.5. The summed E-state index contributed by atoms with van der Waals surface area (Å²) in [6.07, 6.45) is -0.371. The van der Waals surface area contributed by atoms with Gasteiger partial charge in [-0.3, -0.25) is 19.2 Å². The number of amides is 4. The second kappa shape index (κ2) is 15.6. The molecule has 13 heteroatoms. The molecule has 270 valence electrons. The Kier molecular flexibility index (Phi) is 10.4. The highest BCUT2D eigenvalue weighted by molar-refractivity contribution is 5.99. The topological polar surface area (TPSA) is 178 Å². The maximum Gasteiger partial charge on any atom is 0.256 e. The van der Waals surface area contributed by atoms with Crippen LogP contribution in [-0.2, 0) is 19.2 Å². The van der Waals surface area contributed by atoms with Crippen molar-refractivity contribution >= 4 is 35.0 Å². The molecule has 7 rings (SSSR count). The minimum atomic E-state index is -1.34. The van der Waals surface area contributed by atoms with E-state index >= 15 is 0 Å². The average molecular weight is 715 g/mol. The van der Waals surface area contributed by atoms with Gasteiger partial charge >= 0.3 is 0 Å². The minimum Gasteiger partial charge on any atom is -0.416 e. The third-order valence-electron chi connectivity index (χ3n) is 9.60. The zero-order valence-corrected chi connectivity index (χ0v) is 28.7. The highest BCUT2D eigenvalue weighted by Crippen LogP contribution is 2.29. The van der Waals surface area contributed by atoms with Crippen LogP contribution in [0.1, 0.15) is 49.0 Å². The van der Waals surface area contributed by atoms with Crippen molar-refractivity contribution < 1.29 is 33.8 Å². The van der Waals surface area contributed by atoms with E-state index < -0.39 is 36.1 Å². The molecule has 53 heavy (non-hydrogen) atoms. The molecule has 2 saturated heterocycles. The van der Waals surface area contributed by atoms with Crippen molar-refractivity contribution in [3.05, 3.63) is 120 Å². The molecule has 4 aromatic carbocycles. The van der Waals surface area contributed by atoms with Gasteiger partial charge in [-0.2, -0.15) is 0 Å². The van der Waals surface area contributed by atoms with E-state index in [2.05, 4.69) is 20.8 Å². The van der Waals surface area contributed by atoms with Crippen LogP contribution in [0.25, 0.3) is 22.9 Å². The van der Waals surface area contributed by atoms with E-state index in [1.165, 1.54) is 9.80 Å². The van der Waals surface area contributed by atoms with Crippen LogP contribution in [0.15, 0.2) is 114 Å². The maximum atomic E-state index is 13.2. The van der Waals surface area contributed by atoms with E-state index in [0.717, 1.165) is 0 Å². The summed E-state index contributed by atoms with van der Waals surface area (Å²) in [4.78, 5) is 55.4. The van der Waals surface area contributed by atoms with Gasteiger partial charge in [-0.25, -0.2) is 0 Å². The first-order valence-corrected chi connectivity index (χ1v) is 17.5. The lowest BCUT2D eigenvalue weighted by Crippen LogP contribution is -2.45. The molecular formula is C40H38N6O7. The number of rotatable bonds is 10. The van der Waals surface area contributed by atoms with Gasteiger partial charge in [0.25, 0.3) is 11.8 Å². The van der Waals surface area contributed by atoms with E-state index in [4.69, 9.17) is 4.42 Å². The number of aliphatic hydroxyl groups excluding tert-OH is 2. The molecule has 1 unspecified atom stereocenters. The predicted octanol–water partition coefficient (Wildman–Crippen LogP) is 4.73. The molecule has 4 amide bonds. The molecule has 0 spiro atoms. The number of benzene rings is 4. The first-order chi connectivity index (χ1) is 25.8. The number of hydrogen-bond donors (Lipinski definition) is 4. The minimum absolute atomic E-state index is 0.265. The molecule has 4 atom stereocenters. The number of hydrogen-bond acceptors (Lipinski definition) is 9. The monoisotopic (exact) mass is 714 g/mol. The fraction of sp³-hybridized carbons (Fsp3) is 0.250. The largest absolute Gasteiger partial charge is 0.416 e. The SMILES string of the molecule is O=C(Nc1ccc(-c2nnc(-c3ccc(NC(=O)[C@@H]4CCCN4C(=O)[C@H](O)c4ccccc4)cc3)o2)cc1)C1CCCN1C(=O)[C@H](O)c1ccccc1. The molecule has 5 aromatic rings. The van der Waals surface area contributed by atoms with Crippen molar-refractivity contribution in [2.24, 2.45) is 0 Å². The number of likely N-dealkylation sites (tertiary alicyclic amines) is 2. The number of carbonyl (C=O) groups is 4. The van der Waals surface area contributed by atoms with Crippen molar-refractivity contribution in [1.29, 1.82) is 0 Å². The lowest BCUT2D eigenvalue weighted by Gasteiger charge is -2.26. The summed E-state index contributed by atoms with van der Waals surface area (Å²) in [5.41, 5.74) is 3.26. The van der Waals surface area contributed by atoms with E-state index in [9.17, 15) is 29.4 Å². The third kappa shape index (κ3) is 7.71. The van der Waals surface area contributed by atoms with Crippen LogP contribution in [0, 0.1) is 0 Å². The lowest BCUT2D eigenvalue weighted by molar-refractivity contribution is -0.144. The van der Waals surface area contributed by atoms with E-state index in [-0.39, 0.29) is 23.6 Å².